The summed E-state index contributed by atoms with van der Waals surface area (Å²) in [6.07, 6.45) is 1.98. The minimum absolute atomic E-state index is 0.146. The van der Waals surface area contributed by atoms with E-state index < -0.39 is 5.43 Å². The van der Waals surface area contributed by atoms with Gasteiger partial charge in [-0.05, 0) is 49.9 Å². The number of nitrogens with zero attached hydrogens (tertiary/aromatic N) is 3. The van der Waals surface area contributed by atoms with Gasteiger partial charge in [-0.25, -0.2) is 9.07 Å². The zero-order valence-electron chi connectivity index (χ0n) is 14.9. The second kappa shape index (κ2) is 7.68. The van der Waals surface area contributed by atoms with E-state index in [4.69, 9.17) is 4.74 Å². The van der Waals surface area contributed by atoms with Gasteiger partial charge in [-0.15, -0.1) is 0 Å². The Balaban J connectivity index is 2.03. The highest BCUT2D eigenvalue weighted by atomic mass is 19.1. The number of hydrogen-bond acceptors (Lipinski definition) is 4. The third-order valence-electron chi connectivity index (χ3n) is 4.41. The molecule has 1 aliphatic rings. The van der Waals surface area contributed by atoms with Gasteiger partial charge in [-0.2, -0.15) is 5.10 Å². The van der Waals surface area contributed by atoms with E-state index in [2.05, 4.69) is 12.0 Å². The third-order valence-corrected chi connectivity index (χ3v) is 4.41. The fraction of sp³-hybridized carbons (Fsp3) is 0.421. The number of carbonyl (C=O) groups excluding carboxylic acids is 1. The molecule has 1 atom stereocenters. The SMILES string of the molecule is CCOc1cc(=O)c(C(=O)N2CCCC(C)C2)nn1-c1ccc(F)cc1. The second-order valence-electron chi connectivity index (χ2n) is 6.52. The molecule has 0 radical (unpaired) electrons. The first-order valence-corrected chi connectivity index (χ1v) is 8.82. The first-order chi connectivity index (χ1) is 12.5. The molecule has 138 valence electrons. The normalized spacial score (nSPS) is 17.2. The van der Waals surface area contributed by atoms with Crippen molar-refractivity contribution in [3.63, 3.8) is 0 Å². The summed E-state index contributed by atoms with van der Waals surface area (Å²) < 4.78 is 20.1. The fourth-order valence-corrected chi connectivity index (χ4v) is 3.13. The van der Waals surface area contributed by atoms with Crippen LogP contribution in [-0.4, -0.2) is 40.3 Å². The molecular formula is C19H22FN3O3. The van der Waals surface area contributed by atoms with Gasteiger partial charge in [-0.3, -0.25) is 9.59 Å². The van der Waals surface area contributed by atoms with Gasteiger partial charge in [0.25, 0.3) is 5.91 Å². The number of likely N-dealkylation sites (tertiary alicyclic amines) is 1. The number of halogens is 1. The maximum atomic E-state index is 13.2. The van der Waals surface area contributed by atoms with Crippen LogP contribution in [0.1, 0.15) is 37.2 Å². The summed E-state index contributed by atoms with van der Waals surface area (Å²) in [5.41, 5.74) is -0.113. The monoisotopic (exact) mass is 359 g/mol. The van der Waals surface area contributed by atoms with Crippen LogP contribution in [0.2, 0.25) is 0 Å². The molecule has 1 aromatic carbocycles. The molecule has 1 aromatic heterocycles. The van der Waals surface area contributed by atoms with Crippen molar-refractivity contribution in [2.75, 3.05) is 19.7 Å². The van der Waals surface area contributed by atoms with Crippen LogP contribution in [0.3, 0.4) is 0 Å². The lowest BCUT2D eigenvalue weighted by atomic mass is 10.00. The highest BCUT2D eigenvalue weighted by molar-refractivity contribution is 5.92. The number of hydrogen-bond donors (Lipinski definition) is 0. The number of aromatic nitrogens is 2. The zero-order valence-corrected chi connectivity index (χ0v) is 14.9. The van der Waals surface area contributed by atoms with Gasteiger partial charge in [0.2, 0.25) is 11.3 Å². The molecule has 0 bridgehead atoms. The van der Waals surface area contributed by atoms with Crippen molar-refractivity contribution < 1.29 is 13.9 Å². The number of amides is 1. The predicted molar refractivity (Wildman–Crippen MR) is 95.3 cm³/mol. The van der Waals surface area contributed by atoms with E-state index in [0.29, 0.717) is 31.3 Å². The van der Waals surface area contributed by atoms with E-state index in [1.165, 1.54) is 35.0 Å². The Morgan fingerprint density at radius 1 is 1.35 bits per heavy atom. The first-order valence-electron chi connectivity index (χ1n) is 8.82. The molecule has 1 saturated heterocycles. The average Bonchev–Trinajstić information content (AvgIpc) is 2.62. The van der Waals surface area contributed by atoms with Gasteiger partial charge >= 0.3 is 0 Å². The Bertz CT molecular complexity index is 848. The molecule has 2 heterocycles. The van der Waals surface area contributed by atoms with Gasteiger partial charge < -0.3 is 9.64 Å². The molecule has 0 saturated carbocycles. The summed E-state index contributed by atoms with van der Waals surface area (Å²) in [4.78, 5) is 27.0. The maximum absolute atomic E-state index is 13.2. The smallest absolute Gasteiger partial charge is 0.278 e. The molecule has 0 N–H and O–H groups in total. The lowest BCUT2D eigenvalue weighted by Gasteiger charge is -2.30. The summed E-state index contributed by atoms with van der Waals surface area (Å²) in [6, 6.07) is 6.89. The Morgan fingerprint density at radius 3 is 2.73 bits per heavy atom. The fourth-order valence-electron chi connectivity index (χ4n) is 3.13. The van der Waals surface area contributed by atoms with Crippen molar-refractivity contribution >= 4 is 5.91 Å². The van der Waals surface area contributed by atoms with Crippen LogP contribution in [0.25, 0.3) is 5.69 Å². The third kappa shape index (κ3) is 3.76. The van der Waals surface area contributed by atoms with Crippen molar-refractivity contribution in [1.82, 2.24) is 14.7 Å². The molecule has 1 unspecified atom stereocenters. The molecule has 26 heavy (non-hydrogen) atoms. The Morgan fingerprint density at radius 2 is 2.08 bits per heavy atom. The van der Waals surface area contributed by atoms with Crippen LogP contribution in [0.5, 0.6) is 5.88 Å². The Labute approximate surface area is 151 Å². The summed E-state index contributed by atoms with van der Waals surface area (Å²) in [7, 11) is 0. The molecule has 7 heteroatoms. The van der Waals surface area contributed by atoms with Crippen molar-refractivity contribution in [3.05, 3.63) is 52.1 Å². The number of rotatable bonds is 4. The topological polar surface area (TPSA) is 64.4 Å². The van der Waals surface area contributed by atoms with E-state index >= 15 is 0 Å². The quantitative estimate of drug-likeness (QED) is 0.842. The molecule has 2 aromatic rings. The van der Waals surface area contributed by atoms with Gasteiger partial charge in [0.15, 0.2) is 5.69 Å². The van der Waals surface area contributed by atoms with Gasteiger partial charge in [0, 0.05) is 13.1 Å². The molecule has 0 spiro atoms. The van der Waals surface area contributed by atoms with E-state index in [0.717, 1.165) is 12.8 Å². The van der Waals surface area contributed by atoms with Crippen LogP contribution < -0.4 is 10.2 Å². The molecule has 1 aliphatic heterocycles. The highest BCUT2D eigenvalue weighted by Crippen LogP contribution is 2.19. The summed E-state index contributed by atoms with van der Waals surface area (Å²) in [5.74, 6) is -0.144. The van der Waals surface area contributed by atoms with E-state index in [1.807, 2.05) is 0 Å². The number of ether oxygens (including phenoxy) is 1. The molecule has 3 rings (SSSR count). The standard InChI is InChI=1S/C19H22FN3O3/c1-3-26-17-11-16(24)18(19(25)22-10-4-5-13(2)12-22)21-23(17)15-8-6-14(20)7-9-15/h6-9,11,13H,3-5,10,12H2,1-2H3. The Kier molecular flexibility index (Phi) is 5.35. The van der Waals surface area contributed by atoms with Crippen molar-refractivity contribution in [1.29, 1.82) is 0 Å². The first kappa shape index (κ1) is 18.1. The minimum Gasteiger partial charge on any atom is -0.478 e. The Hall–Kier alpha value is -2.70. The average molecular weight is 359 g/mol. The van der Waals surface area contributed by atoms with Crippen LogP contribution in [0.15, 0.2) is 35.1 Å². The van der Waals surface area contributed by atoms with E-state index in [1.54, 1.807) is 11.8 Å². The summed E-state index contributed by atoms with van der Waals surface area (Å²) in [5, 5.41) is 4.26. The number of piperidine rings is 1. The summed E-state index contributed by atoms with van der Waals surface area (Å²) >= 11 is 0. The minimum atomic E-state index is -0.477. The van der Waals surface area contributed by atoms with Gasteiger partial charge in [-0.1, -0.05) is 6.92 Å². The van der Waals surface area contributed by atoms with E-state index in [-0.39, 0.29) is 23.3 Å². The van der Waals surface area contributed by atoms with Crippen LogP contribution in [-0.2, 0) is 0 Å². The van der Waals surface area contributed by atoms with Gasteiger partial charge in [0.05, 0.1) is 18.4 Å². The van der Waals surface area contributed by atoms with Crippen molar-refractivity contribution in [2.45, 2.75) is 26.7 Å². The number of carbonyl (C=O) groups is 1. The predicted octanol–water partition coefficient (Wildman–Crippen LogP) is 2.64. The molecule has 1 fully saturated rings. The van der Waals surface area contributed by atoms with Crippen LogP contribution >= 0.6 is 0 Å². The maximum Gasteiger partial charge on any atom is 0.278 e. The lowest BCUT2D eigenvalue weighted by molar-refractivity contribution is 0.0673. The highest BCUT2D eigenvalue weighted by Gasteiger charge is 2.26. The molecular weight excluding hydrogens is 337 g/mol. The molecule has 6 nitrogen and oxygen atoms in total. The largest absolute Gasteiger partial charge is 0.478 e. The van der Waals surface area contributed by atoms with Crippen molar-refractivity contribution in [3.8, 4) is 11.6 Å². The van der Waals surface area contributed by atoms with Crippen molar-refractivity contribution in [2.24, 2.45) is 5.92 Å². The van der Waals surface area contributed by atoms with E-state index in [9.17, 15) is 14.0 Å². The molecule has 0 aliphatic carbocycles. The summed E-state index contributed by atoms with van der Waals surface area (Å²) in [6.45, 7) is 5.44. The van der Waals surface area contributed by atoms with Crippen LogP contribution in [0, 0.1) is 11.7 Å². The number of benzene rings is 1. The van der Waals surface area contributed by atoms with Crippen LogP contribution in [0.4, 0.5) is 4.39 Å². The molecule has 1 amide bonds. The zero-order chi connectivity index (χ0) is 18.7. The van der Waals surface area contributed by atoms with Gasteiger partial charge in [0.1, 0.15) is 5.82 Å². The lowest BCUT2D eigenvalue weighted by Crippen LogP contribution is -2.41. The second-order valence-corrected chi connectivity index (χ2v) is 6.52.